The van der Waals surface area contributed by atoms with Crippen LogP contribution in [0.3, 0.4) is 0 Å². The first kappa shape index (κ1) is 14.9. The topological polar surface area (TPSA) is 52.6 Å². The molecule has 16 heavy (non-hydrogen) atoms. The summed E-state index contributed by atoms with van der Waals surface area (Å²) >= 11 is 0. The molecule has 4 nitrogen and oxygen atoms in total. The number of hydrogen-bond donors (Lipinski definition) is 0. The van der Waals surface area contributed by atoms with Gasteiger partial charge in [-0.15, -0.1) is 0 Å². The van der Waals surface area contributed by atoms with Gasteiger partial charge in [-0.05, 0) is 18.8 Å². The Balaban J connectivity index is 3.66. The lowest BCUT2D eigenvalue weighted by atomic mass is 9.91. The van der Waals surface area contributed by atoms with Crippen LogP contribution in [0.25, 0.3) is 0 Å². The molecular weight excluding hydrogens is 208 g/mol. The number of esters is 1. The number of carbonyl (C=O) groups is 2. The lowest BCUT2D eigenvalue weighted by Crippen LogP contribution is -2.18. The molecule has 0 spiro atoms. The highest BCUT2D eigenvalue weighted by Gasteiger charge is 2.15. The Morgan fingerprint density at radius 1 is 1.38 bits per heavy atom. The van der Waals surface area contributed by atoms with Crippen molar-refractivity contribution < 1.29 is 19.1 Å². The van der Waals surface area contributed by atoms with Gasteiger partial charge in [0, 0.05) is 12.8 Å². The quantitative estimate of drug-likeness (QED) is 0.382. The number of ether oxygens (including phenoxy) is 2. The van der Waals surface area contributed by atoms with Crippen molar-refractivity contribution in [2.45, 2.75) is 53.1 Å². The maximum Gasteiger partial charge on any atom is 0.306 e. The van der Waals surface area contributed by atoms with E-state index in [0.717, 1.165) is 6.42 Å². The predicted octanol–water partition coefficient (Wildman–Crippen LogP) is 2.31. The van der Waals surface area contributed by atoms with E-state index in [1.165, 1.54) is 0 Å². The minimum absolute atomic E-state index is 0.142. The first-order chi connectivity index (χ1) is 7.35. The third kappa shape index (κ3) is 9.49. The molecule has 0 aliphatic rings. The van der Waals surface area contributed by atoms with Crippen molar-refractivity contribution in [2.24, 2.45) is 5.41 Å². The lowest BCUT2D eigenvalue weighted by Gasteiger charge is -2.18. The van der Waals surface area contributed by atoms with Crippen molar-refractivity contribution >= 4 is 12.4 Å². The highest BCUT2D eigenvalue weighted by atomic mass is 16.5. The maximum absolute atomic E-state index is 11.4. The van der Waals surface area contributed by atoms with Gasteiger partial charge >= 0.3 is 5.97 Å². The van der Waals surface area contributed by atoms with Crippen molar-refractivity contribution in [3.8, 4) is 0 Å². The molecule has 0 N–H and O–H groups in total. The smallest absolute Gasteiger partial charge is 0.306 e. The van der Waals surface area contributed by atoms with Crippen LogP contribution in [0.15, 0.2) is 0 Å². The Labute approximate surface area is 97.3 Å². The summed E-state index contributed by atoms with van der Waals surface area (Å²) < 4.78 is 9.69. The van der Waals surface area contributed by atoms with Gasteiger partial charge in [0.1, 0.15) is 6.10 Å². The Morgan fingerprint density at radius 3 is 2.50 bits per heavy atom. The average molecular weight is 230 g/mol. The van der Waals surface area contributed by atoms with E-state index in [9.17, 15) is 9.59 Å². The predicted molar refractivity (Wildman–Crippen MR) is 60.9 cm³/mol. The molecule has 0 aliphatic heterocycles. The van der Waals surface area contributed by atoms with E-state index >= 15 is 0 Å². The summed E-state index contributed by atoms with van der Waals surface area (Å²) in [6.07, 6.45) is 1.58. The Morgan fingerprint density at radius 2 is 2.00 bits per heavy atom. The first-order valence-corrected chi connectivity index (χ1v) is 5.60. The number of hydrogen-bond acceptors (Lipinski definition) is 4. The number of carbonyl (C=O) groups excluding carboxylic acids is 2. The van der Waals surface area contributed by atoms with Crippen LogP contribution in [-0.4, -0.2) is 25.2 Å². The summed E-state index contributed by atoms with van der Waals surface area (Å²) in [5.74, 6) is -0.187. The molecule has 4 heteroatoms. The Hall–Kier alpha value is -1.06. The van der Waals surface area contributed by atoms with E-state index in [-0.39, 0.29) is 24.1 Å². The maximum atomic E-state index is 11.4. The van der Waals surface area contributed by atoms with Crippen LogP contribution in [0.5, 0.6) is 0 Å². The van der Waals surface area contributed by atoms with Gasteiger partial charge in [0.05, 0.1) is 6.61 Å². The van der Waals surface area contributed by atoms with E-state index in [0.29, 0.717) is 19.3 Å². The molecule has 0 rings (SSSR count). The summed E-state index contributed by atoms with van der Waals surface area (Å²) in [6.45, 7) is 8.74. The van der Waals surface area contributed by atoms with E-state index in [1.807, 2.05) is 0 Å². The molecule has 0 amide bonds. The van der Waals surface area contributed by atoms with Gasteiger partial charge < -0.3 is 9.47 Å². The monoisotopic (exact) mass is 230 g/mol. The summed E-state index contributed by atoms with van der Waals surface area (Å²) in [7, 11) is 0. The van der Waals surface area contributed by atoms with Crippen molar-refractivity contribution in [3.05, 3.63) is 0 Å². The van der Waals surface area contributed by atoms with Gasteiger partial charge in [-0.2, -0.15) is 0 Å². The SMILES string of the molecule is CC(CCOC=O)OC(=O)CCC(C)(C)C. The average Bonchev–Trinajstić information content (AvgIpc) is 2.14. The summed E-state index contributed by atoms with van der Waals surface area (Å²) in [6, 6.07) is 0. The second-order valence-electron chi connectivity index (χ2n) is 5.12. The fourth-order valence-electron chi connectivity index (χ4n) is 1.10. The van der Waals surface area contributed by atoms with Crippen molar-refractivity contribution in [3.63, 3.8) is 0 Å². The van der Waals surface area contributed by atoms with Gasteiger partial charge in [0.2, 0.25) is 0 Å². The Bertz CT molecular complexity index is 218. The fourth-order valence-corrected chi connectivity index (χ4v) is 1.10. The normalized spacial score (nSPS) is 13.0. The minimum Gasteiger partial charge on any atom is -0.468 e. The van der Waals surface area contributed by atoms with Crippen LogP contribution in [0, 0.1) is 5.41 Å². The van der Waals surface area contributed by atoms with Crippen LogP contribution in [0.2, 0.25) is 0 Å². The molecule has 94 valence electrons. The summed E-state index contributed by atoms with van der Waals surface area (Å²) in [5, 5.41) is 0. The molecule has 0 saturated carbocycles. The molecule has 0 aromatic carbocycles. The van der Waals surface area contributed by atoms with Crippen LogP contribution < -0.4 is 0 Å². The van der Waals surface area contributed by atoms with Gasteiger partial charge in [-0.1, -0.05) is 20.8 Å². The molecule has 0 heterocycles. The zero-order valence-electron chi connectivity index (χ0n) is 10.6. The van der Waals surface area contributed by atoms with E-state index in [2.05, 4.69) is 25.5 Å². The van der Waals surface area contributed by atoms with Gasteiger partial charge in [0.15, 0.2) is 0 Å². The highest BCUT2D eigenvalue weighted by Crippen LogP contribution is 2.20. The van der Waals surface area contributed by atoms with Crippen LogP contribution in [0.4, 0.5) is 0 Å². The van der Waals surface area contributed by atoms with Gasteiger partial charge in [-0.3, -0.25) is 9.59 Å². The van der Waals surface area contributed by atoms with E-state index < -0.39 is 0 Å². The first-order valence-electron chi connectivity index (χ1n) is 5.60. The molecule has 0 aromatic heterocycles. The van der Waals surface area contributed by atoms with E-state index in [1.54, 1.807) is 6.92 Å². The zero-order chi connectivity index (χ0) is 12.6. The zero-order valence-corrected chi connectivity index (χ0v) is 10.6. The molecular formula is C12H22O4. The summed E-state index contributed by atoms with van der Waals surface area (Å²) in [4.78, 5) is 21.3. The summed E-state index contributed by atoms with van der Waals surface area (Å²) in [5.41, 5.74) is 0.142. The molecule has 0 fully saturated rings. The van der Waals surface area contributed by atoms with Gasteiger partial charge in [-0.25, -0.2) is 0 Å². The Kier molecular flexibility index (Phi) is 6.77. The second-order valence-corrected chi connectivity index (χ2v) is 5.12. The molecule has 0 aliphatic carbocycles. The molecule has 0 bridgehead atoms. The molecule has 1 atom stereocenters. The molecule has 0 aromatic rings. The fraction of sp³-hybridized carbons (Fsp3) is 0.833. The highest BCUT2D eigenvalue weighted by molar-refractivity contribution is 5.69. The van der Waals surface area contributed by atoms with Crippen molar-refractivity contribution in [1.29, 1.82) is 0 Å². The van der Waals surface area contributed by atoms with Gasteiger partial charge in [0.25, 0.3) is 6.47 Å². The van der Waals surface area contributed by atoms with Crippen molar-refractivity contribution in [2.75, 3.05) is 6.61 Å². The van der Waals surface area contributed by atoms with Crippen molar-refractivity contribution in [1.82, 2.24) is 0 Å². The minimum atomic E-state index is -0.201. The molecule has 0 saturated heterocycles. The molecule has 0 radical (unpaired) electrons. The van der Waals surface area contributed by atoms with Crippen LogP contribution in [-0.2, 0) is 19.1 Å². The standard InChI is InChI=1S/C12H22O4/c1-10(6-8-15-9-13)16-11(14)5-7-12(2,3)4/h9-10H,5-8H2,1-4H3. The molecule has 1 unspecified atom stereocenters. The second kappa shape index (κ2) is 7.25. The lowest BCUT2D eigenvalue weighted by molar-refractivity contribution is -0.149. The number of rotatable bonds is 7. The largest absolute Gasteiger partial charge is 0.468 e. The third-order valence-electron chi connectivity index (χ3n) is 2.12. The third-order valence-corrected chi connectivity index (χ3v) is 2.12. The van der Waals surface area contributed by atoms with Crippen LogP contribution in [0.1, 0.15) is 47.0 Å². The van der Waals surface area contributed by atoms with Crippen LogP contribution >= 0.6 is 0 Å². The van der Waals surface area contributed by atoms with E-state index in [4.69, 9.17) is 4.74 Å².